The molecule has 170 valence electrons. The van der Waals surface area contributed by atoms with Crippen LogP contribution in [0.3, 0.4) is 0 Å². The Morgan fingerprint density at radius 1 is 1.12 bits per heavy atom. The van der Waals surface area contributed by atoms with E-state index >= 15 is 0 Å². The van der Waals surface area contributed by atoms with Crippen LogP contribution in [-0.4, -0.2) is 34.9 Å². The fraction of sp³-hybridized carbons (Fsp3) is 0.238. The van der Waals surface area contributed by atoms with Gasteiger partial charge in [0.15, 0.2) is 5.82 Å². The summed E-state index contributed by atoms with van der Waals surface area (Å²) in [5.74, 6) is -3.60. The monoisotopic (exact) mass is 515 g/mol. The Bertz CT molecular complexity index is 1220. The first-order valence-electron chi connectivity index (χ1n) is 9.31. The van der Waals surface area contributed by atoms with E-state index in [1.165, 1.54) is 24.9 Å². The molecule has 3 aromatic rings. The van der Waals surface area contributed by atoms with E-state index in [1.54, 1.807) is 0 Å². The Labute approximate surface area is 188 Å². The number of aliphatic hydroxyl groups is 1. The third kappa shape index (κ3) is 4.78. The lowest BCUT2D eigenvalue weighted by Crippen LogP contribution is -2.29. The van der Waals surface area contributed by atoms with Crippen molar-refractivity contribution in [2.75, 3.05) is 25.1 Å². The zero-order chi connectivity index (χ0) is 23.6. The van der Waals surface area contributed by atoms with Crippen molar-refractivity contribution in [3.05, 3.63) is 79.8 Å². The lowest BCUT2D eigenvalue weighted by molar-refractivity contribution is 0.283. The average molecular weight is 516 g/mol. The third-order valence-corrected chi connectivity index (χ3v) is 5.30. The number of hydrogen-bond donors (Lipinski definition) is 1. The molecule has 3 rings (SSSR count). The molecule has 1 N–H and O–H groups in total. The number of hydrogen-bond acceptors (Lipinski definition) is 5. The lowest BCUT2D eigenvalue weighted by Gasteiger charge is -2.24. The number of nitrogens with zero attached hydrogens (tertiary/aromatic N) is 3. The molecule has 0 spiro atoms. The molecule has 2 aromatic carbocycles. The Morgan fingerprint density at radius 2 is 1.81 bits per heavy atom. The minimum atomic E-state index is -1.01. The van der Waals surface area contributed by atoms with Gasteiger partial charge in [-0.1, -0.05) is 0 Å². The number of halogens is 5. The SMILES string of the molecule is Cc1nc(OCc2ccc(F)cc2F)c(Br)c(=O)n1-c1c(F)cc(F)cc1N(C)CCO. The van der Waals surface area contributed by atoms with Crippen molar-refractivity contribution >= 4 is 21.6 Å². The number of anilines is 1. The van der Waals surface area contributed by atoms with Crippen LogP contribution in [0.5, 0.6) is 5.88 Å². The van der Waals surface area contributed by atoms with Crippen LogP contribution in [0, 0.1) is 30.2 Å². The molecule has 0 atom stereocenters. The summed E-state index contributed by atoms with van der Waals surface area (Å²) in [5, 5.41) is 9.19. The summed E-state index contributed by atoms with van der Waals surface area (Å²) in [6, 6.07) is 4.63. The van der Waals surface area contributed by atoms with Crippen LogP contribution in [0.15, 0.2) is 39.6 Å². The molecule has 11 heteroatoms. The first kappa shape index (κ1) is 23.7. The molecule has 0 aliphatic rings. The second kappa shape index (κ2) is 9.70. The zero-order valence-corrected chi connectivity index (χ0v) is 18.6. The Morgan fingerprint density at radius 3 is 2.47 bits per heavy atom. The van der Waals surface area contributed by atoms with E-state index in [1.807, 2.05) is 0 Å². The van der Waals surface area contributed by atoms with E-state index in [4.69, 9.17) is 4.74 Å². The molecule has 0 aliphatic heterocycles. The molecule has 0 bridgehead atoms. The second-order valence-electron chi connectivity index (χ2n) is 6.84. The molecule has 0 amide bonds. The van der Waals surface area contributed by atoms with Crippen molar-refractivity contribution in [1.82, 2.24) is 9.55 Å². The minimum Gasteiger partial charge on any atom is -0.472 e. The molecule has 6 nitrogen and oxygen atoms in total. The summed E-state index contributed by atoms with van der Waals surface area (Å²) < 4.78 is 61.8. The van der Waals surface area contributed by atoms with Crippen molar-refractivity contribution in [1.29, 1.82) is 0 Å². The highest BCUT2D eigenvalue weighted by molar-refractivity contribution is 9.10. The van der Waals surface area contributed by atoms with E-state index in [0.29, 0.717) is 12.1 Å². The smallest absolute Gasteiger partial charge is 0.276 e. The molecule has 0 saturated heterocycles. The predicted molar refractivity (Wildman–Crippen MR) is 113 cm³/mol. The van der Waals surface area contributed by atoms with Crippen molar-refractivity contribution in [2.24, 2.45) is 0 Å². The van der Waals surface area contributed by atoms with Gasteiger partial charge in [0.25, 0.3) is 5.56 Å². The van der Waals surface area contributed by atoms with Gasteiger partial charge in [0.05, 0.1) is 12.3 Å². The second-order valence-corrected chi connectivity index (χ2v) is 7.64. The Hall–Kier alpha value is -2.92. The van der Waals surface area contributed by atoms with E-state index in [9.17, 15) is 27.5 Å². The van der Waals surface area contributed by atoms with E-state index in [0.717, 1.165) is 16.7 Å². The quantitative estimate of drug-likeness (QED) is 0.484. The number of likely N-dealkylation sites (N-methyl/N-ethyl adjacent to an activating group) is 1. The van der Waals surface area contributed by atoms with E-state index < -0.39 is 28.8 Å². The van der Waals surface area contributed by atoms with Crippen LogP contribution in [0.25, 0.3) is 5.69 Å². The van der Waals surface area contributed by atoms with Gasteiger partial charge < -0.3 is 14.7 Å². The summed E-state index contributed by atoms with van der Waals surface area (Å²) in [6.07, 6.45) is 0. The molecule has 32 heavy (non-hydrogen) atoms. The van der Waals surface area contributed by atoms with Crippen LogP contribution >= 0.6 is 15.9 Å². The highest BCUT2D eigenvalue weighted by Gasteiger charge is 2.23. The maximum atomic E-state index is 14.8. The van der Waals surface area contributed by atoms with Gasteiger partial charge >= 0.3 is 0 Å². The molecular formula is C21H18BrF4N3O3. The van der Waals surface area contributed by atoms with Gasteiger partial charge in [0, 0.05) is 31.3 Å². The van der Waals surface area contributed by atoms with Crippen molar-refractivity contribution in [2.45, 2.75) is 13.5 Å². The summed E-state index contributed by atoms with van der Waals surface area (Å²) in [5.41, 5.74) is -0.942. The van der Waals surface area contributed by atoms with Gasteiger partial charge in [0.1, 0.15) is 40.0 Å². The van der Waals surface area contributed by atoms with Gasteiger partial charge in [-0.25, -0.2) is 17.6 Å². The van der Waals surface area contributed by atoms with Crippen molar-refractivity contribution in [3.63, 3.8) is 0 Å². The fourth-order valence-corrected chi connectivity index (χ4v) is 3.44. The zero-order valence-electron chi connectivity index (χ0n) is 17.0. The third-order valence-electron chi connectivity index (χ3n) is 4.62. The van der Waals surface area contributed by atoms with Crippen molar-refractivity contribution in [3.8, 4) is 11.6 Å². The molecule has 0 fully saturated rings. The maximum absolute atomic E-state index is 14.8. The Kier molecular flexibility index (Phi) is 7.19. The topological polar surface area (TPSA) is 67.6 Å². The number of aryl methyl sites for hydroxylation is 1. The molecule has 0 unspecified atom stereocenters. The fourth-order valence-electron chi connectivity index (χ4n) is 3.06. The van der Waals surface area contributed by atoms with Gasteiger partial charge in [-0.3, -0.25) is 9.36 Å². The van der Waals surface area contributed by atoms with E-state index in [-0.39, 0.29) is 52.9 Å². The van der Waals surface area contributed by atoms with Gasteiger partial charge in [-0.2, -0.15) is 4.98 Å². The summed E-state index contributed by atoms with van der Waals surface area (Å²) in [7, 11) is 1.51. The standard InChI is InChI=1S/C21H18BrF4N3O3/c1-11-27-20(32-10-12-3-4-13(23)7-15(12)25)18(22)21(31)29(11)19-16(26)8-14(24)9-17(19)28(2)5-6-30/h3-4,7-9,30H,5-6,10H2,1-2H3. The molecule has 0 saturated carbocycles. The minimum absolute atomic E-state index is 0.0111. The van der Waals surface area contributed by atoms with Gasteiger partial charge in [-0.05, 0) is 41.1 Å². The number of rotatable bonds is 7. The first-order valence-corrected chi connectivity index (χ1v) is 10.1. The van der Waals surface area contributed by atoms with Crippen LogP contribution in [0.1, 0.15) is 11.4 Å². The van der Waals surface area contributed by atoms with E-state index in [2.05, 4.69) is 20.9 Å². The highest BCUT2D eigenvalue weighted by atomic mass is 79.9. The van der Waals surface area contributed by atoms with Crippen LogP contribution in [0.2, 0.25) is 0 Å². The lowest BCUT2D eigenvalue weighted by atomic mass is 10.2. The number of benzene rings is 2. The summed E-state index contributed by atoms with van der Waals surface area (Å²) >= 11 is 3.07. The molecule has 0 aliphatic carbocycles. The first-order chi connectivity index (χ1) is 15.1. The van der Waals surface area contributed by atoms with Gasteiger partial charge in [-0.15, -0.1) is 0 Å². The molecule has 1 heterocycles. The normalized spacial score (nSPS) is 11.0. The number of ether oxygens (including phenoxy) is 1. The molecular weight excluding hydrogens is 498 g/mol. The molecule has 1 aromatic heterocycles. The summed E-state index contributed by atoms with van der Waals surface area (Å²) in [4.78, 5) is 18.6. The molecule has 0 radical (unpaired) electrons. The highest BCUT2D eigenvalue weighted by Crippen LogP contribution is 2.30. The van der Waals surface area contributed by atoms with Gasteiger partial charge in [0.2, 0.25) is 5.88 Å². The predicted octanol–water partition coefficient (Wildman–Crippen LogP) is 3.87. The number of aliphatic hydroxyl groups excluding tert-OH is 1. The Balaban J connectivity index is 2.06. The van der Waals surface area contributed by atoms with Crippen molar-refractivity contribution < 1.29 is 27.4 Å². The largest absolute Gasteiger partial charge is 0.472 e. The van der Waals surface area contributed by atoms with Crippen LogP contribution < -0.4 is 15.2 Å². The number of aromatic nitrogens is 2. The van der Waals surface area contributed by atoms with Crippen LogP contribution in [-0.2, 0) is 6.61 Å². The average Bonchev–Trinajstić information content (AvgIpc) is 2.72. The maximum Gasteiger partial charge on any atom is 0.276 e. The van der Waals surface area contributed by atoms with Crippen LogP contribution in [0.4, 0.5) is 23.2 Å². The summed E-state index contributed by atoms with van der Waals surface area (Å²) in [6.45, 7) is 0.854.